The first-order valence-electron chi connectivity index (χ1n) is 13.7. The van der Waals surface area contributed by atoms with Crippen LogP contribution in [0.1, 0.15) is 91.9 Å². The number of esters is 1. The molecular formula is C32H49N3O4S. The zero-order valence-electron chi connectivity index (χ0n) is 26.1. The van der Waals surface area contributed by atoms with Gasteiger partial charge in [-0.3, -0.25) is 18.7 Å². The number of carbonyl (C=O) groups excluding carboxylic acids is 3. The van der Waals surface area contributed by atoms with Crippen LogP contribution >= 0.6 is 11.9 Å². The molecule has 0 spiro atoms. The molecule has 0 bridgehead atoms. The fourth-order valence-corrected chi connectivity index (χ4v) is 4.96. The number of nitrogens with one attached hydrogen (secondary N) is 1. The van der Waals surface area contributed by atoms with Crippen molar-refractivity contribution in [2.75, 3.05) is 26.7 Å². The molecule has 0 radical (unpaired) electrons. The van der Waals surface area contributed by atoms with Gasteiger partial charge in [0.2, 0.25) is 5.91 Å². The molecular weight excluding hydrogens is 522 g/mol. The third-order valence-electron chi connectivity index (χ3n) is 6.99. The van der Waals surface area contributed by atoms with Crippen LogP contribution < -0.4 is 5.32 Å². The minimum Gasteiger partial charge on any atom is -0.465 e. The van der Waals surface area contributed by atoms with E-state index in [9.17, 15) is 14.4 Å². The summed E-state index contributed by atoms with van der Waals surface area (Å²) in [6, 6.07) is 8.83. The van der Waals surface area contributed by atoms with Crippen LogP contribution in [0, 0.1) is 45.3 Å². The maximum Gasteiger partial charge on any atom is 0.311 e. The van der Waals surface area contributed by atoms with Crippen LogP contribution in [-0.2, 0) is 14.3 Å². The van der Waals surface area contributed by atoms with Gasteiger partial charge in [-0.05, 0) is 97.5 Å². The number of nitrogens with zero attached hydrogens (tertiary/aromatic N) is 2. The SMILES string of the molecule is C#CC(C)(C)C(C)(C)C(=O)N(CC#N)Sc1ccc(C=O)cc1.CCCCOC(=O)C(C)(C)CC(C)(C)CNC. The lowest BCUT2D eigenvalue weighted by Crippen LogP contribution is -2.45. The largest absolute Gasteiger partial charge is 0.465 e. The van der Waals surface area contributed by atoms with E-state index in [1.807, 2.05) is 40.8 Å². The van der Waals surface area contributed by atoms with Gasteiger partial charge in [-0.25, -0.2) is 0 Å². The van der Waals surface area contributed by atoms with Crippen molar-refractivity contribution in [1.82, 2.24) is 9.62 Å². The Morgan fingerprint density at radius 3 is 2.12 bits per heavy atom. The zero-order chi connectivity index (χ0) is 31.2. The first-order valence-corrected chi connectivity index (χ1v) is 14.4. The highest BCUT2D eigenvalue weighted by Crippen LogP contribution is 2.41. The van der Waals surface area contributed by atoms with E-state index in [1.165, 1.54) is 16.3 Å². The normalized spacial score (nSPS) is 11.8. The molecule has 0 fully saturated rings. The Hall–Kier alpha value is -2.81. The first kappa shape index (κ1) is 37.2. The van der Waals surface area contributed by atoms with Crippen LogP contribution in [0.4, 0.5) is 0 Å². The van der Waals surface area contributed by atoms with Crippen molar-refractivity contribution in [2.24, 2.45) is 21.7 Å². The molecule has 1 N–H and O–H groups in total. The Labute approximate surface area is 246 Å². The van der Waals surface area contributed by atoms with E-state index < -0.39 is 16.2 Å². The molecule has 1 aromatic rings. The number of hydrogen-bond acceptors (Lipinski definition) is 7. The molecule has 0 aliphatic heterocycles. The predicted molar refractivity (Wildman–Crippen MR) is 163 cm³/mol. The van der Waals surface area contributed by atoms with Crippen LogP contribution in [0.25, 0.3) is 0 Å². The summed E-state index contributed by atoms with van der Waals surface area (Å²) in [4.78, 5) is 36.3. The number of carbonyl (C=O) groups is 3. The third kappa shape index (κ3) is 11.7. The van der Waals surface area contributed by atoms with E-state index in [0.29, 0.717) is 12.2 Å². The molecule has 0 saturated heterocycles. The van der Waals surface area contributed by atoms with Gasteiger partial charge in [-0.15, -0.1) is 6.42 Å². The van der Waals surface area contributed by atoms with Gasteiger partial charge in [-0.2, -0.15) is 5.26 Å². The van der Waals surface area contributed by atoms with Crippen molar-refractivity contribution in [1.29, 1.82) is 5.26 Å². The molecule has 0 aliphatic carbocycles. The molecule has 1 aromatic carbocycles. The summed E-state index contributed by atoms with van der Waals surface area (Å²) in [6.45, 7) is 19.0. The molecule has 7 nitrogen and oxygen atoms in total. The van der Waals surface area contributed by atoms with Crippen LogP contribution in [0.2, 0.25) is 0 Å². The quantitative estimate of drug-likeness (QED) is 0.0676. The minimum atomic E-state index is -0.825. The van der Waals surface area contributed by atoms with Crippen molar-refractivity contribution in [3.63, 3.8) is 0 Å². The van der Waals surface area contributed by atoms with Gasteiger partial charge in [0.15, 0.2) is 0 Å². The Kier molecular flexibility index (Phi) is 15.3. The van der Waals surface area contributed by atoms with E-state index in [4.69, 9.17) is 16.4 Å². The van der Waals surface area contributed by atoms with Crippen LogP contribution in [0.15, 0.2) is 29.2 Å². The molecule has 0 unspecified atom stereocenters. The summed E-state index contributed by atoms with van der Waals surface area (Å²) in [5.41, 5.74) is -1.23. The number of hydrogen-bond donors (Lipinski definition) is 1. The Morgan fingerprint density at radius 2 is 1.68 bits per heavy atom. The number of benzene rings is 1. The average molecular weight is 572 g/mol. The van der Waals surface area contributed by atoms with Gasteiger partial charge in [-0.1, -0.05) is 45.2 Å². The van der Waals surface area contributed by atoms with Gasteiger partial charge < -0.3 is 10.1 Å². The average Bonchev–Trinajstić information content (AvgIpc) is 2.88. The Balaban J connectivity index is 0.000000799. The van der Waals surface area contributed by atoms with Crippen LogP contribution in [0.5, 0.6) is 0 Å². The standard InChI is InChI=1S/C18H20N2O2S.C14H29NO2/c1-6-17(2,3)18(4,5)16(22)20(12-11-19)23-15-9-7-14(13-21)8-10-15;1-7-8-9-17-12(16)14(4,5)10-13(2,3)11-15-6/h1,7-10,13H,12H2,2-5H3;15H,7-11H2,1-6H3. The van der Waals surface area contributed by atoms with Crippen molar-refractivity contribution in [2.45, 2.75) is 86.5 Å². The van der Waals surface area contributed by atoms with Crippen LogP contribution in [0.3, 0.4) is 0 Å². The maximum atomic E-state index is 12.9. The second-order valence-corrected chi connectivity index (χ2v) is 13.5. The number of unbranched alkanes of at least 4 members (excludes halogenated alkanes) is 1. The van der Waals surface area contributed by atoms with E-state index in [-0.39, 0.29) is 23.8 Å². The number of nitriles is 1. The third-order valence-corrected chi connectivity index (χ3v) is 7.99. The lowest BCUT2D eigenvalue weighted by atomic mass is 9.68. The molecule has 40 heavy (non-hydrogen) atoms. The number of terminal acetylenes is 1. The van der Waals surface area contributed by atoms with Crippen molar-refractivity contribution >= 4 is 30.1 Å². The summed E-state index contributed by atoms with van der Waals surface area (Å²) in [5.74, 6) is 2.38. The molecule has 8 heteroatoms. The summed E-state index contributed by atoms with van der Waals surface area (Å²) in [5, 5.41) is 12.2. The first-order chi connectivity index (χ1) is 18.4. The van der Waals surface area contributed by atoms with Crippen LogP contribution in [-0.4, -0.2) is 49.2 Å². The highest BCUT2D eigenvalue weighted by atomic mass is 32.2. The zero-order valence-corrected chi connectivity index (χ0v) is 27.0. The summed E-state index contributed by atoms with van der Waals surface area (Å²) in [7, 11) is 1.94. The monoisotopic (exact) mass is 571 g/mol. The highest BCUT2D eigenvalue weighted by molar-refractivity contribution is 7.97. The molecule has 222 valence electrons. The number of ether oxygens (including phenoxy) is 1. The van der Waals surface area contributed by atoms with E-state index in [2.05, 4.69) is 32.0 Å². The molecule has 0 aliphatic rings. The van der Waals surface area contributed by atoms with E-state index >= 15 is 0 Å². The lowest BCUT2D eigenvalue weighted by molar-refractivity contribution is -0.155. The number of amides is 1. The Morgan fingerprint density at radius 1 is 1.10 bits per heavy atom. The maximum absolute atomic E-state index is 12.9. The minimum absolute atomic E-state index is 0.0526. The Bertz CT molecular complexity index is 1050. The van der Waals surface area contributed by atoms with E-state index in [0.717, 1.165) is 37.0 Å². The second-order valence-electron chi connectivity index (χ2n) is 12.4. The number of rotatable bonds is 14. The highest BCUT2D eigenvalue weighted by Gasteiger charge is 2.44. The smallest absolute Gasteiger partial charge is 0.311 e. The summed E-state index contributed by atoms with van der Waals surface area (Å²) < 4.78 is 6.72. The predicted octanol–water partition coefficient (Wildman–Crippen LogP) is 6.54. The van der Waals surface area contributed by atoms with Gasteiger partial charge in [0.05, 0.1) is 23.5 Å². The molecule has 1 rings (SSSR count). The molecule has 0 saturated carbocycles. The van der Waals surface area contributed by atoms with Crippen molar-refractivity contribution in [3.8, 4) is 18.4 Å². The molecule has 1 amide bonds. The van der Waals surface area contributed by atoms with Gasteiger partial charge >= 0.3 is 5.97 Å². The van der Waals surface area contributed by atoms with E-state index in [1.54, 1.807) is 38.1 Å². The topological polar surface area (TPSA) is 99.5 Å². The summed E-state index contributed by atoms with van der Waals surface area (Å²) in [6.07, 6.45) is 9.14. The second kappa shape index (κ2) is 16.5. The molecule has 0 heterocycles. The van der Waals surface area contributed by atoms with Crippen molar-refractivity contribution < 1.29 is 19.1 Å². The summed E-state index contributed by atoms with van der Waals surface area (Å²) >= 11 is 1.17. The van der Waals surface area contributed by atoms with Crippen molar-refractivity contribution in [3.05, 3.63) is 29.8 Å². The van der Waals surface area contributed by atoms with Gasteiger partial charge in [0, 0.05) is 15.9 Å². The molecule has 0 atom stereocenters. The van der Waals surface area contributed by atoms with Gasteiger partial charge in [0.25, 0.3) is 0 Å². The molecule has 0 aromatic heterocycles. The van der Waals surface area contributed by atoms with Gasteiger partial charge in [0.1, 0.15) is 12.8 Å². The lowest BCUT2D eigenvalue weighted by Gasteiger charge is -2.38. The fraction of sp³-hybridized carbons (Fsp3) is 0.625. The fourth-order valence-electron chi connectivity index (χ4n) is 4.02. The number of aldehydes is 1.